The van der Waals surface area contributed by atoms with Crippen LogP contribution < -0.4 is 4.90 Å². The number of carbonyl (C=O) groups is 1. The van der Waals surface area contributed by atoms with E-state index in [0.29, 0.717) is 26.2 Å². The zero-order chi connectivity index (χ0) is 22.8. The Labute approximate surface area is 184 Å². The van der Waals surface area contributed by atoms with E-state index < -0.39 is 11.7 Å². The lowest BCUT2D eigenvalue weighted by molar-refractivity contribution is -0.137. The molecule has 0 aliphatic carbocycles. The fourth-order valence-electron chi connectivity index (χ4n) is 3.29. The molecule has 1 amide bonds. The highest BCUT2D eigenvalue weighted by Crippen LogP contribution is 2.35. The molecule has 166 valence electrons. The van der Waals surface area contributed by atoms with Gasteiger partial charge in [-0.2, -0.15) is 13.2 Å². The van der Waals surface area contributed by atoms with Crippen LogP contribution in [0.3, 0.4) is 0 Å². The molecule has 0 spiro atoms. The summed E-state index contributed by atoms with van der Waals surface area (Å²) in [6.07, 6.45) is -1.87. The first-order chi connectivity index (χ1) is 14.5. The third-order valence-corrected chi connectivity index (χ3v) is 5.33. The van der Waals surface area contributed by atoms with E-state index in [-0.39, 0.29) is 22.4 Å². The monoisotopic (exact) mass is 452 g/mol. The number of nitrogens with zero attached hydrogens (tertiary/aromatic N) is 4. The molecule has 3 rings (SSSR count). The number of aromatic nitrogens is 2. The van der Waals surface area contributed by atoms with Crippen LogP contribution in [0, 0.1) is 6.92 Å². The minimum Gasteiger partial charge on any atom is -0.353 e. The van der Waals surface area contributed by atoms with Crippen molar-refractivity contribution >= 4 is 29.4 Å². The second-order valence-corrected chi connectivity index (χ2v) is 8.17. The summed E-state index contributed by atoms with van der Waals surface area (Å²) in [5, 5.41) is -0.368. The SMILES string of the molecule is Cc1cc(N2CCN(C(=O)/C=C/c3ccc(Cl)c(C(F)(F)F)c3)CC2)nc(C(C)C)n1. The Morgan fingerprint density at radius 2 is 1.81 bits per heavy atom. The summed E-state index contributed by atoms with van der Waals surface area (Å²) in [6.45, 7) is 8.25. The molecule has 1 aliphatic heterocycles. The van der Waals surface area contributed by atoms with Gasteiger partial charge in [0.2, 0.25) is 5.91 Å². The van der Waals surface area contributed by atoms with Gasteiger partial charge in [0.15, 0.2) is 0 Å². The predicted molar refractivity (Wildman–Crippen MR) is 115 cm³/mol. The fraction of sp³-hybridized carbons (Fsp3) is 0.409. The van der Waals surface area contributed by atoms with Gasteiger partial charge in [-0.1, -0.05) is 31.5 Å². The third-order valence-electron chi connectivity index (χ3n) is 5.00. The molecule has 0 bridgehead atoms. The molecule has 2 heterocycles. The standard InChI is InChI=1S/C22H24ClF3N4O/c1-14(2)21-27-15(3)12-19(28-21)29-8-10-30(11-9-29)20(31)7-5-16-4-6-18(23)17(13-16)22(24,25)26/h4-7,12-14H,8-11H2,1-3H3/b7-5+. The molecule has 0 radical (unpaired) electrons. The Morgan fingerprint density at radius 1 is 1.13 bits per heavy atom. The maximum absolute atomic E-state index is 13.0. The van der Waals surface area contributed by atoms with Crippen molar-refractivity contribution in [3.8, 4) is 0 Å². The molecule has 5 nitrogen and oxygen atoms in total. The quantitative estimate of drug-likeness (QED) is 0.616. The first kappa shape index (κ1) is 23.1. The second kappa shape index (κ2) is 9.26. The van der Waals surface area contributed by atoms with Crippen LogP contribution in [0.1, 0.15) is 42.4 Å². The van der Waals surface area contributed by atoms with Crippen LogP contribution in [-0.2, 0) is 11.0 Å². The van der Waals surface area contributed by atoms with E-state index in [4.69, 9.17) is 11.6 Å². The molecule has 1 aromatic carbocycles. The van der Waals surface area contributed by atoms with E-state index in [1.807, 2.05) is 26.8 Å². The Hall–Kier alpha value is -2.61. The van der Waals surface area contributed by atoms with Gasteiger partial charge in [-0.15, -0.1) is 0 Å². The van der Waals surface area contributed by atoms with Crippen molar-refractivity contribution in [1.82, 2.24) is 14.9 Å². The second-order valence-electron chi connectivity index (χ2n) is 7.76. The number of benzene rings is 1. The van der Waals surface area contributed by atoms with Crippen LogP contribution in [0.25, 0.3) is 6.08 Å². The van der Waals surface area contributed by atoms with Crippen LogP contribution in [0.15, 0.2) is 30.3 Å². The highest BCUT2D eigenvalue weighted by Gasteiger charge is 2.33. The smallest absolute Gasteiger partial charge is 0.353 e. The average Bonchev–Trinajstić information content (AvgIpc) is 2.71. The van der Waals surface area contributed by atoms with Gasteiger partial charge in [0.1, 0.15) is 11.6 Å². The van der Waals surface area contributed by atoms with Crippen LogP contribution in [0.4, 0.5) is 19.0 Å². The van der Waals surface area contributed by atoms with Gasteiger partial charge >= 0.3 is 6.18 Å². The molecule has 0 unspecified atom stereocenters. The Kier molecular flexibility index (Phi) is 6.89. The summed E-state index contributed by atoms with van der Waals surface area (Å²) in [6, 6.07) is 5.50. The molecule has 9 heteroatoms. The maximum atomic E-state index is 13.0. The molecule has 0 N–H and O–H groups in total. The molecule has 0 saturated carbocycles. The number of halogens is 4. The predicted octanol–water partition coefficient (Wildman–Crippen LogP) is 4.94. The van der Waals surface area contributed by atoms with Crippen molar-refractivity contribution in [3.63, 3.8) is 0 Å². The van der Waals surface area contributed by atoms with Crippen molar-refractivity contribution in [3.05, 3.63) is 58.0 Å². The van der Waals surface area contributed by atoms with Crippen LogP contribution in [0.5, 0.6) is 0 Å². The number of rotatable bonds is 4. The summed E-state index contributed by atoms with van der Waals surface area (Å²) in [4.78, 5) is 25.4. The normalized spacial score (nSPS) is 15.2. The van der Waals surface area contributed by atoms with Crippen molar-refractivity contribution in [1.29, 1.82) is 0 Å². The van der Waals surface area contributed by atoms with E-state index in [9.17, 15) is 18.0 Å². The van der Waals surface area contributed by atoms with Gasteiger partial charge in [0.05, 0.1) is 10.6 Å². The van der Waals surface area contributed by atoms with Gasteiger partial charge in [-0.25, -0.2) is 9.97 Å². The molecular formula is C22H24ClF3N4O. The minimum absolute atomic E-state index is 0.220. The largest absolute Gasteiger partial charge is 0.417 e. The van der Waals surface area contributed by atoms with Crippen molar-refractivity contribution in [2.24, 2.45) is 0 Å². The third kappa shape index (κ3) is 5.76. The van der Waals surface area contributed by atoms with E-state index in [1.165, 1.54) is 24.3 Å². The van der Waals surface area contributed by atoms with Crippen LogP contribution >= 0.6 is 11.6 Å². The van der Waals surface area contributed by atoms with Crippen LogP contribution in [0.2, 0.25) is 5.02 Å². The number of piperazine rings is 1. The van der Waals surface area contributed by atoms with Crippen molar-refractivity contribution in [2.45, 2.75) is 32.9 Å². The Bertz CT molecular complexity index is 983. The van der Waals surface area contributed by atoms with E-state index >= 15 is 0 Å². The lowest BCUT2D eigenvalue weighted by Gasteiger charge is -2.35. The zero-order valence-electron chi connectivity index (χ0n) is 17.6. The zero-order valence-corrected chi connectivity index (χ0v) is 18.3. The van der Waals surface area contributed by atoms with Gasteiger partial charge in [0.25, 0.3) is 0 Å². The summed E-state index contributed by atoms with van der Waals surface area (Å²) in [5.74, 6) is 1.61. The molecule has 1 saturated heterocycles. The van der Waals surface area contributed by atoms with Gasteiger partial charge < -0.3 is 9.80 Å². The van der Waals surface area contributed by atoms with Crippen molar-refractivity contribution < 1.29 is 18.0 Å². The molecule has 31 heavy (non-hydrogen) atoms. The number of carbonyl (C=O) groups excluding carboxylic acids is 1. The topological polar surface area (TPSA) is 49.3 Å². The number of hydrogen-bond donors (Lipinski definition) is 0. The number of alkyl halides is 3. The first-order valence-electron chi connectivity index (χ1n) is 9.99. The summed E-state index contributed by atoms with van der Waals surface area (Å²) >= 11 is 5.63. The Balaban J connectivity index is 1.64. The highest BCUT2D eigenvalue weighted by molar-refractivity contribution is 6.31. The van der Waals surface area contributed by atoms with E-state index in [1.54, 1.807) is 4.90 Å². The molecule has 1 aromatic heterocycles. The maximum Gasteiger partial charge on any atom is 0.417 e. The summed E-state index contributed by atoms with van der Waals surface area (Å²) < 4.78 is 39.0. The molecular weight excluding hydrogens is 429 g/mol. The average molecular weight is 453 g/mol. The lowest BCUT2D eigenvalue weighted by atomic mass is 10.1. The van der Waals surface area contributed by atoms with Crippen molar-refractivity contribution in [2.75, 3.05) is 31.1 Å². The minimum atomic E-state index is -4.55. The van der Waals surface area contributed by atoms with E-state index in [2.05, 4.69) is 14.9 Å². The van der Waals surface area contributed by atoms with E-state index in [0.717, 1.165) is 23.4 Å². The number of amides is 1. The Morgan fingerprint density at radius 3 is 2.42 bits per heavy atom. The van der Waals surface area contributed by atoms with Gasteiger partial charge in [-0.05, 0) is 30.7 Å². The molecule has 1 fully saturated rings. The van der Waals surface area contributed by atoms with Crippen LogP contribution in [-0.4, -0.2) is 47.0 Å². The number of anilines is 1. The molecule has 2 aromatic rings. The van der Waals surface area contributed by atoms with Gasteiger partial charge in [-0.3, -0.25) is 4.79 Å². The summed E-state index contributed by atoms with van der Waals surface area (Å²) in [5.41, 5.74) is 0.246. The summed E-state index contributed by atoms with van der Waals surface area (Å²) in [7, 11) is 0. The molecule has 0 atom stereocenters. The number of aryl methyl sites for hydroxylation is 1. The highest BCUT2D eigenvalue weighted by atomic mass is 35.5. The first-order valence-corrected chi connectivity index (χ1v) is 10.4. The number of hydrogen-bond acceptors (Lipinski definition) is 4. The molecule has 1 aliphatic rings. The lowest BCUT2D eigenvalue weighted by Crippen LogP contribution is -2.48. The fourth-order valence-corrected chi connectivity index (χ4v) is 3.51. The van der Waals surface area contributed by atoms with Gasteiger partial charge in [0, 0.05) is 49.9 Å².